The molecule has 0 bridgehead atoms. The van der Waals surface area contributed by atoms with Crippen LogP contribution in [0.25, 0.3) is 0 Å². The predicted octanol–water partition coefficient (Wildman–Crippen LogP) is 3.25. The third kappa shape index (κ3) is 4.68. The van der Waals surface area contributed by atoms with Crippen LogP contribution in [-0.2, 0) is 0 Å². The molecule has 2 aromatic rings. The molecule has 5 heteroatoms. The molecule has 1 saturated heterocycles. The Hall–Kier alpha value is -2.14. The maximum atomic E-state index is 12.9. The average molecular weight is 329 g/mol. The van der Waals surface area contributed by atoms with E-state index in [1.54, 1.807) is 12.1 Å². The van der Waals surface area contributed by atoms with Crippen molar-refractivity contribution >= 4 is 5.82 Å². The second-order valence-electron chi connectivity index (χ2n) is 6.24. The molecule has 0 saturated carbocycles. The normalized spacial score (nSPS) is 16.8. The number of ether oxygens (including phenoxy) is 1. The van der Waals surface area contributed by atoms with Crippen molar-refractivity contribution in [2.24, 2.45) is 0 Å². The molecule has 1 aliphatic heterocycles. The van der Waals surface area contributed by atoms with Gasteiger partial charge in [0, 0.05) is 31.9 Å². The maximum Gasteiger partial charge on any atom is 0.128 e. The summed E-state index contributed by atoms with van der Waals surface area (Å²) in [5, 5.41) is 3.58. The highest BCUT2D eigenvalue weighted by Crippen LogP contribution is 2.17. The quantitative estimate of drug-likeness (QED) is 0.883. The predicted molar refractivity (Wildman–Crippen MR) is 94.0 cm³/mol. The fraction of sp³-hybridized carbons (Fsp3) is 0.421. The molecule has 24 heavy (non-hydrogen) atoms. The lowest BCUT2D eigenvalue weighted by molar-refractivity contribution is 0.207. The maximum absolute atomic E-state index is 12.9. The molecular formula is C19H24FN3O. The highest BCUT2D eigenvalue weighted by molar-refractivity contribution is 5.38. The molecule has 0 unspecified atom stereocenters. The highest BCUT2D eigenvalue weighted by Gasteiger charge is 2.20. The number of nitrogens with one attached hydrogen (secondary N) is 1. The van der Waals surface area contributed by atoms with E-state index in [1.165, 1.54) is 12.1 Å². The minimum atomic E-state index is -0.243. The Bertz CT molecular complexity index is 612. The van der Waals surface area contributed by atoms with Crippen molar-refractivity contribution in [2.45, 2.75) is 31.9 Å². The summed E-state index contributed by atoms with van der Waals surface area (Å²) in [5.74, 6) is 1.52. The number of aromatic nitrogens is 1. The highest BCUT2D eigenvalue weighted by atomic mass is 19.1. The third-order valence-corrected chi connectivity index (χ3v) is 4.31. The summed E-state index contributed by atoms with van der Waals surface area (Å²) in [7, 11) is 0. The smallest absolute Gasteiger partial charge is 0.128 e. The van der Waals surface area contributed by atoms with E-state index >= 15 is 0 Å². The van der Waals surface area contributed by atoms with Gasteiger partial charge in [0.1, 0.15) is 23.5 Å². The van der Waals surface area contributed by atoms with Crippen molar-refractivity contribution in [3.05, 3.63) is 54.5 Å². The van der Waals surface area contributed by atoms with Crippen LogP contribution in [0.3, 0.4) is 0 Å². The first-order chi connectivity index (χ1) is 11.7. The van der Waals surface area contributed by atoms with Crippen LogP contribution in [0.15, 0.2) is 48.7 Å². The Kier molecular flexibility index (Phi) is 5.64. The zero-order chi connectivity index (χ0) is 16.8. The lowest BCUT2D eigenvalue weighted by Crippen LogP contribution is -2.45. The van der Waals surface area contributed by atoms with E-state index in [-0.39, 0.29) is 11.9 Å². The minimum Gasteiger partial charge on any atom is -0.489 e. The Morgan fingerprint density at radius 3 is 2.62 bits per heavy atom. The molecule has 0 aliphatic carbocycles. The summed E-state index contributed by atoms with van der Waals surface area (Å²) in [6.45, 7) is 4.84. The molecule has 1 atom stereocenters. The van der Waals surface area contributed by atoms with Crippen LogP contribution in [0.5, 0.6) is 5.75 Å². The number of hydrogen-bond donors (Lipinski definition) is 1. The Morgan fingerprint density at radius 1 is 1.21 bits per heavy atom. The Morgan fingerprint density at radius 2 is 1.96 bits per heavy atom. The van der Waals surface area contributed by atoms with E-state index in [0.717, 1.165) is 38.3 Å². The molecule has 128 valence electrons. The topological polar surface area (TPSA) is 37.4 Å². The first kappa shape index (κ1) is 16.7. The van der Waals surface area contributed by atoms with E-state index in [4.69, 9.17) is 4.74 Å². The minimum absolute atomic E-state index is 0.0456. The zero-order valence-corrected chi connectivity index (χ0v) is 14.0. The van der Waals surface area contributed by atoms with Crippen LogP contribution in [0.4, 0.5) is 10.2 Å². The first-order valence-corrected chi connectivity index (χ1v) is 8.52. The summed E-state index contributed by atoms with van der Waals surface area (Å²) >= 11 is 0. The number of piperidine rings is 1. The largest absolute Gasteiger partial charge is 0.489 e. The lowest BCUT2D eigenvalue weighted by atomic mass is 10.0. The summed E-state index contributed by atoms with van der Waals surface area (Å²) < 4.78 is 18.7. The second-order valence-corrected chi connectivity index (χ2v) is 6.24. The number of anilines is 1. The standard InChI is InChI=1S/C19H24FN3O/c1-15(24-18-7-5-16(20)6-8-18)14-22-17-9-12-23(13-10-17)19-4-2-3-11-21-19/h2-8,11,15,17,22H,9-10,12-14H2,1H3/t15-/m0/s1. The second kappa shape index (κ2) is 8.11. The van der Waals surface area contributed by atoms with Gasteiger partial charge in [-0.05, 0) is 56.2 Å². The van der Waals surface area contributed by atoms with Gasteiger partial charge < -0.3 is 15.0 Å². The molecule has 1 aromatic carbocycles. The van der Waals surface area contributed by atoms with Crippen molar-refractivity contribution in [3.63, 3.8) is 0 Å². The van der Waals surface area contributed by atoms with Crippen LogP contribution in [0, 0.1) is 5.82 Å². The van der Waals surface area contributed by atoms with Crippen molar-refractivity contribution in [1.82, 2.24) is 10.3 Å². The summed E-state index contributed by atoms with van der Waals surface area (Å²) in [4.78, 5) is 6.74. The fourth-order valence-electron chi connectivity index (χ4n) is 2.97. The molecule has 4 nitrogen and oxygen atoms in total. The zero-order valence-electron chi connectivity index (χ0n) is 14.0. The van der Waals surface area contributed by atoms with E-state index in [1.807, 2.05) is 25.3 Å². The van der Waals surface area contributed by atoms with E-state index in [9.17, 15) is 4.39 Å². The number of nitrogens with zero attached hydrogens (tertiary/aromatic N) is 2. The summed E-state index contributed by atoms with van der Waals surface area (Å²) in [6.07, 6.45) is 4.08. The average Bonchev–Trinajstić information content (AvgIpc) is 2.63. The summed E-state index contributed by atoms with van der Waals surface area (Å²) in [6, 6.07) is 12.7. The number of halogens is 1. The number of rotatable bonds is 6. The molecule has 0 radical (unpaired) electrons. The van der Waals surface area contributed by atoms with Gasteiger partial charge in [0.2, 0.25) is 0 Å². The summed E-state index contributed by atoms with van der Waals surface area (Å²) in [5.41, 5.74) is 0. The fourth-order valence-corrected chi connectivity index (χ4v) is 2.97. The van der Waals surface area contributed by atoms with Gasteiger partial charge in [-0.2, -0.15) is 0 Å². The SMILES string of the molecule is C[C@@H](CNC1CCN(c2ccccn2)CC1)Oc1ccc(F)cc1. The van der Waals surface area contributed by atoms with Gasteiger partial charge in [-0.25, -0.2) is 9.37 Å². The monoisotopic (exact) mass is 329 g/mol. The third-order valence-electron chi connectivity index (χ3n) is 4.31. The first-order valence-electron chi connectivity index (χ1n) is 8.52. The van der Waals surface area contributed by atoms with E-state index in [0.29, 0.717) is 11.8 Å². The number of pyridine rings is 1. The van der Waals surface area contributed by atoms with Crippen LogP contribution < -0.4 is 15.0 Å². The van der Waals surface area contributed by atoms with Gasteiger partial charge in [-0.3, -0.25) is 0 Å². The van der Waals surface area contributed by atoms with Gasteiger partial charge >= 0.3 is 0 Å². The van der Waals surface area contributed by atoms with Gasteiger partial charge in [0.05, 0.1) is 0 Å². The van der Waals surface area contributed by atoms with Crippen molar-refractivity contribution in [1.29, 1.82) is 0 Å². The van der Waals surface area contributed by atoms with Gasteiger partial charge in [0.25, 0.3) is 0 Å². The molecule has 2 heterocycles. The van der Waals surface area contributed by atoms with Gasteiger partial charge in [0.15, 0.2) is 0 Å². The molecule has 1 aliphatic rings. The van der Waals surface area contributed by atoms with Crippen LogP contribution >= 0.6 is 0 Å². The number of benzene rings is 1. The van der Waals surface area contributed by atoms with Crippen LogP contribution in [-0.4, -0.2) is 36.8 Å². The van der Waals surface area contributed by atoms with Gasteiger partial charge in [-0.1, -0.05) is 6.07 Å². The molecule has 3 rings (SSSR count). The van der Waals surface area contributed by atoms with E-state index < -0.39 is 0 Å². The van der Waals surface area contributed by atoms with Crippen LogP contribution in [0.2, 0.25) is 0 Å². The number of hydrogen-bond acceptors (Lipinski definition) is 4. The van der Waals surface area contributed by atoms with E-state index in [2.05, 4.69) is 21.3 Å². The Labute approximate surface area is 142 Å². The molecule has 1 fully saturated rings. The van der Waals surface area contributed by atoms with Crippen molar-refractivity contribution < 1.29 is 9.13 Å². The molecule has 0 amide bonds. The van der Waals surface area contributed by atoms with Crippen LogP contribution in [0.1, 0.15) is 19.8 Å². The Balaban J connectivity index is 1.39. The van der Waals surface area contributed by atoms with Crippen molar-refractivity contribution in [2.75, 3.05) is 24.5 Å². The molecular weight excluding hydrogens is 305 g/mol. The van der Waals surface area contributed by atoms with Crippen molar-refractivity contribution in [3.8, 4) is 5.75 Å². The lowest BCUT2D eigenvalue weighted by Gasteiger charge is -2.33. The molecule has 0 spiro atoms. The van der Waals surface area contributed by atoms with Gasteiger partial charge in [-0.15, -0.1) is 0 Å². The molecule has 1 N–H and O–H groups in total. The molecule has 1 aromatic heterocycles.